The summed E-state index contributed by atoms with van der Waals surface area (Å²) in [6.45, 7) is 8.12. The second kappa shape index (κ2) is 6.55. The van der Waals surface area contributed by atoms with Crippen LogP contribution in [0.5, 0.6) is 0 Å². The molecule has 4 atom stereocenters. The summed E-state index contributed by atoms with van der Waals surface area (Å²) in [5.74, 6) is 1.86. The summed E-state index contributed by atoms with van der Waals surface area (Å²) in [5.41, 5.74) is 0. The molecule has 0 aromatic rings. The zero-order valence-corrected chi connectivity index (χ0v) is 13.2. The fourth-order valence-electron chi connectivity index (χ4n) is 4.09. The van der Waals surface area contributed by atoms with Gasteiger partial charge in [-0.2, -0.15) is 0 Å². The van der Waals surface area contributed by atoms with E-state index in [1.807, 2.05) is 0 Å². The molecule has 1 saturated carbocycles. The van der Waals surface area contributed by atoms with Crippen LogP contribution in [0.4, 0.5) is 0 Å². The summed E-state index contributed by atoms with van der Waals surface area (Å²) < 4.78 is 0. The first-order valence-electron chi connectivity index (χ1n) is 8.04. The third-order valence-corrected chi connectivity index (χ3v) is 5.40. The van der Waals surface area contributed by atoms with Gasteiger partial charge in [0, 0.05) is 18.5 Å². The number of nitrogens with zero attached hydrogens (tertiary/aromatic N) is 2. The van der Waals surface area contributed by atoms with Crippen LogP contribution in [-0.4, -0.2) is 60.8 Å². The van der Waals surface area contributed by atoms with Crippen LogP contribution >= 0.6 is 0 Å². The maximum Gasteiger partial charge on any atom is 0.0585 e. The van der Waals surface area contributed by atoms with Crippen LogP contribution in [0.3, 0.4) is 0 Å². The number of aliphatic hydroxyl groups excluding tert-OH is 1. The Morgan fingerprint density at radius 2 is 1.74 bits per heavy atom. The van der Waals surface area contributed by atoms with Gasteiger partial charge in [-0.05, 0) is 64.7 Å². The molecule has 19 heavy (non-hydrogen) atoms. The highest BCUT2D eigenvalue weighted by atomic mass is 16.3. The van der Waals surface area contributed by atoms with E-state index in [1.54, 1.807) is 0 Å². The Morgan fingerprint density at radius 3 is 2.26 bits per heavy atom. The number of piperidine rings is 1. The lowest BCUT2D eigenvalue weighted by molar-refractivity contribution is -0.00800. The standard InChI is InChI=1S/C16H32N2O/c1-12-9-13(2)15(16(19)10-12)11-18-7-5-14(6-8-18)17(3)4/h12-16,19H,5-11H2,1-4H3. The maximum atomic E-state index is 10.3. The molecule has 0 aromatic carbocycles. The molecule has 112 valence electrons. The molecule has 0 aromatic heterocycles. The lowest BCUT2D eigenvalue weighted by Gasteiger charge is -2.42. The second-order valence-corrected chi connectivity index (χ2v) is 7.28. The average Bonchev–Trinajstić information content (AvgIpc) is 2.34. The van der Waals surface area contributed by atoms with Crippen molar-refractivity contribution in [3.63, 3.8) is 0 Å². The molecule has 2 rings (SSSR count). The van der Waals surface area contributed by atoms with Gasteiger partial charge in [-0.3, -0.25) is 0 Å². The predicted molar refractivity (Wildman–Crippen MR) is 80.2 cm³/mol. The minimum absolute atomic E-state index is 0.0784. The summed E-state index contributed by atoms with van der Waals surface area (Å²) in [5, 5.41) is 10.3. The van der Waals surface area contributed by atoms with E-state index in [9.17, 15) is 5.11 Å². The molecule has 1 aliphatic carbocycles. The molecule has 1 saturated heterocycles. The van der Waals surface area contributed by atoms with Crippen molar-refractivity contribution in [3.8, 4) is 0 Å². The molecule has 1 heterocycles. The number of aliphatic hydroxyl groups is 1. The van der Waals surface area contributed by atoms with Crippen molar-refractivity contribution in [2.75, 3.05) is 33.7 Å². The van der Waals surface area contributed by atoms with Crippen molar-refractivity contribution in [2.24, 2.45) is 17.8 Å². The van der Waals surface area contributed by atoms with Crippen LogP contribution in [0.25, 0.3) is 0 Å². The number of rotatable bonds is 3. The zero-order chi connectivity index (χ0) is 14.0. The van der Waals surface area contributed by atoms with E-state index in [2.05, 4.69) is 37.7 Å². The molecule has 0 amide bonds. The van der Waals surface area contributed by atoms with Gasteiger partial charge in [0.05, 0.1) is 6.10 Å². The largest absolute Gasteiger partial charge is 0.393 e. The molecule has 0 spiro atoms. The van der Waals surface area contributed by atoms with E-state index in [1.165, 1.54) is 32.4 Å². The van der Waals surface area contributed by atoms with E-state index >= 15 is 0 Å². The summed E-state index contributed by atoms with van der Waals surface area (Å²) in [6, 6.07) is 0.755. The lowest BCUT2D eigenvalue weighted by atomic mass is 9.73. The number of hydrogen-bond acceptors (Lipinski definition) is 3. The van der Waals surface area contributed by atoms with E-state index in [4.69, 9.17) is 0 Å². The average molecular weight is 268 g/mol. The molecule has 0 radical (unpaired) electrons. The van der Waals surface area contributed by atoms with E-state index < -0.39 is 0 Å². The van der Waals surface area contributed by atoms with E-state index in [0.29, 0.717) is 17.8 Å². The molecule has 1 N–H and O–H groups in total. The summed E-state index contributed by atoms with van der Waals surface area (Å²) >= 11 is 0. The predicted octanol–water partition coefficient (Wildman–Crippen LogP) is 2.06. The molecule has 3 heteroatoms. The quantitative estimate of drug-likeness (QED) is 0.849. The molecular weight excluding hydrogens is 236 g/mol. The summed E-state index contributed by atoms with van der Waals surface area (Å²) in [7, 11) is 4.38. The Balaban J connectivity index is 1.81. The third kappa shape index (κ3) is 3.93. The van der Waals surface area contributed by atoms with Gasteiger partial charge in [0.2, 0.25) is 0 Å². The van der Waals surface area contributed by atoms with Gasteiger partial charge in [-0.1, -0.05) is 13.8 Å². The Hall–Kier alpha value is -0.120. The topological polar surface area (TPSA) is 26.7 Å². The summed E-state index contributed by atoms with van der Waals surface area (Å²) in [4.78, 5) is 4.94. The molecule has 0 bridgehead atoms. The number of hydrogen-bond donors (Lipinski definition) is 1. The van der Waals surface area contributed by atoms with Gasteiger partial charge >= 0.3 is 0 Å². The Bertz CT molecular complexity index is 262. The lowest BCUT2D eigenvalue weighted by Crippen LogP contribution is -2.47. The highest BCUT2D eigenvalue weighted by Gasteiger charge is 2.34. The van der Waals surface area contributed by atoms with Gasteiger partial charge < -0.3 is 14.9 Å². The van der Waals surface area contributed by atoms with Crippen LogP contribution in [0.2, 0.25) is 0 Å². The Morgan fingerprint density at radius 1 is 1.11 bits per heavy atom. The van der Waals surface area contributed by atoms with E-state index in [-0.39, 0.29) is 6.10 Å². The van der Waals surface area contributed by atoms with Gasteiger partial charge in [0.25, 0.3) is 0 Å². The van der Waals surface area contributed by atoms with Crippen molar-refractivity contribution < 1.29 is 5.11 Å². The van der Waals surface area contributed by atoms with Crippen molar-refractivity contribution in [2.45, 2.75) is 51.7 Å². The van der Waals surface area contributed by atoms with Gasteiger partial charge in [0.15, 0.2) is 0 Å². The second-order valence-electron chi connectivity index (χ2n) is 7.28. The maximum absolute atomic E-state index is 10.3. The first-order chi connectivity index (χ1) is 8.97. The molecule has 2 aliphatic rings. The minimum Gasteiger partial charge on any atom is -0.393 e. The fourth-order valence-corrected chi connectivity index (χ4v) is 4.09. The smallest absolute Gasteiger partial charge is 0.0585 e. The number of likely N-dealkylation sites (tertiary alicyclic amines) is 1. The molecule has 3 nitrogen and oxygen atoms in total. The zero-order valence-electron chi connectivity index (χ0n) is 13.2. The highest BCUT2D eigenvalue weighted by molar-refractivity contribution is 4.86. The third-order valence-electron chi connectivity index (χ3n) is 5.40. The molecule has 1 aliphatic heterocycles. The fraction of sp³-hybridized carbons (Fsp3) is 1.00. The van der Waals surface area contributed by atoms with Gasteiger partial charge in [-0.25, -0.2) is 0 Å². The van der Waals surface area contributed by atoms with Crippen LogP contribution in [0, 0.1) is 17.8 Å². The van der Waals surface area contributed by atoms with Gasteiger partial charge in [0.1, 0.15) is 0 Å². The molecular formula is C16H32N2O. The van der Waals surface area contributed by atoms with Crippen LogP contribution < -0.4 is 0 Å². The van der Waals surface area contributed by atoms with Crippen LogP contribution in [0.15, 0.2) is 0 Å². The first-order valence-corrected chi connectivity index (χ1v) is 8.04. The Labute approximate surface area is 119 Å². The monoisotopic (exact) mass is 268 g/mol. The first kappa shape index (κ1) is 15.3. The Kier molecular flexibility index (Phi) is 5.27. The summed E-state index contributed by atoms with van der Waals surface area (Å²) in [6.07, 6.45) is 4.77. The minimum atomic E-state index is -0.0784. The van der Waals surface area contributed by atoms with Crippen LogP contribution in [0.1, 0.15) is 39.5 Å². The SMILES string of the molecule is CC1CC(C)C(CN2CCC(N(C)C)CC2)C(O)C1. The van der Waals surface area contributed by atoms with Crippen molar-refractivity contribution >= 4 is 0 Å². The van der Waals surface area contributed by atoms with E-state index in [0.717, 1.165) is 19.0 Å². The normalized spacial score (nSPS) is 38.8. The van der Waals surface area contributed by atoms with Gasteiger partial charge in [-0.15, -0.1) is 0 Å². The molecule has 4 unspecified atom stereocenters. The van der Waals surface area contributed by atoms with Crippen molar-refractivity contribution in [3.05, 3.63) is 0 Å². The van der Waals surface area contributed by atoms with Crippen molar-refractivity contribution in [1.29, 1.82) is 0 Å². The highest BCUT2D eigenvalue weighted by Crippen LogP contribution is 2.34. The van der Waals surface area contributed by atoms with Crippen LogP contribution in [-0.2, 0) is 0 Å². The van der Waals surface area contributed by atoms with Crippen molar-refractivity contribution in [1.82, 2.24) is 9.80 Å². The molecule has 2 fully saturated rings.